The second-order valence-corrected chi connectivity index (χ2v) is 7.53. The van der Waals surface area contributed by atoms with Gasteiger partial charge in [-0.3, -0.25) is 9.59 Å². The lowest BCUT2D eigenvalue weighted by Gasteiger charge is -2.06. The minimum atomic E-state index is -0.0742. The molecule has 4 heteroatoms. The van der Waals surface area contributed by atoms with Crippen molar-refractivity contribution in [3.05, 3.63) is 104 Å². The second kappa shape index (κ2) is 6.85. The Hall–Kier alpha value is -3.92. The van der Waals surface area contributed by atoms with Gasteiger partial charge in [0.1, 0.15) is 22.7 Å². The van der Waals surface area contributed by atoms with Gasteiger partial charge >= 0.3 is 0 Å². The highest BCUT2D eigenvalue weighted by atomic mass is 16.3. The maximum absolute atomic E-state index is 12.5. The summed E-state index contributed by atoms with van der Waals surface area (Å²) in [4.78, 5) is 25.0. The van der Waals surface area contributed by atoms with Crippen LogP contribution < -0.4 is 10.9 Å². The van der Waals surface area contributed by atoms with Crippen LogP contribution in [-0.4, -0.2) is 0 Å². The van der Waals surface area contributed by atoms with E-state index >= 15 is 0 Å². The molecule has 0 saturated heterocycles. The summed E-state index contributed by atoms with van der Waals surface area (Å²) >= 11 is 0. The van der Waals surface area contributed by atoms with Gasteiger partial charge in [-0.05, 0) is 38.1 Å². The van der Waals surface area contributed by atoms with E-state index in [9.17, 15) is 9.59 Å². The van der Waals surface area contributed by atoms with E-state index in [0.29, 0.717) is 33.5 Å². The number of rotatable bonds is 2. The number of hydrogen-bond acceptors (Lipinski definition) is 4. The highest BCUT2D eigenvalue weighted by Gasteiger charge is 2.10. The van der Waals surface area contributed by atoms with Crippen LogP contribution in [0.15, 0.2) is 91.2 Å². The van der Waals surface area contributed by atoms with Crippen molar-refractivity contribution in [2.24, 2.45) is 0 Å². The number of fused-ring (bicyclic) bond motifs is 2. The quantitative estimate of drug-likeness (QED) is 0.377. The molecule has 5 aromatic rings. The van der Waals surface area contributed by atoms with E-state index in [0.717, 1.165) is 22.3 Å². The lowest BCUT2D eigenvalue weighted by molar-refractivity contribution is 0.617. The summed E-state index contributed by atoms with van der Waals surface area (Å²) in [5, 5.41) is 1.15. The van der Waals surface area contributed by atoms with E-state index in [-0.39, 0.29) is 10.9 Å². The fraction of sp³-hybridized carbons (Fsp3) is 0.0769. The van der Waals surface area contributed by atoms with Gasteiger partial charge in [-0.1, -0.05) is 47.5 Å². The summed E-state index contributed by atoms with van der Waals surface area (Å²) in [5.74, 6) is 0.997. The van der Waals surface area contributed by atoms with E-state index in [2.05, 4.69) is 0 Å². The zero-order valence-electron chi connectivity index (χ0n) is 16.6. The van der Waals surface area contributed by atoms with Crippen molar-refractivity contribution in [1.29, 1.82) is 0 Å². The molecule has 4 nitrogen and oxygen atoms in total. The average Bonchev–Trinajstić information content (AvgIpc) is 2.74. The van der Waals surface area contributed by atoms with Crippen LogP contribution in [0.25, 0.3) is 44.6 Å². The van der Waals surface area contributed by atoms with Gasteiger partial charge in [-0.2, -0.15) is 0 Å². The molecular formula is C26H18O4. The van der Waals surface area contributed by atoms with E-state index in [1.54, 1.807) is 0 Å². The molecule has 0 N–H and O–H groups in total. The van der Waals surface area contributed by atoms with Gasteiger partial charge < -0.3 is 8.83 Å². The van der Waals surface area contributed by atoms with Crippen molar-refractivity contribution in [3.63, 3.8) is 0 Å². The molecule has 146 valence electrons. The smallest absolute Gasteiger partial charge is 0.193 e. The zero-order valence-corrected chi connectivity index (χ0v) is 16.6. The van der Waals surface area contributed by atoms with Gasteiger partial charge in [-0.25, -0.2) is 0 Å². The van der Waals surface area contributed by atoms with Crippen LogP contribution in [-0.2, 0) is 0 Å². The highest BCUT2D eigenvalue weighted by Crippen LogP contribution is 2.27. The van der Waals surface area contributed by atoms with Crippen LogP contribution in [0.3, 0.4) is 0 Å². The van der Waals surface area contributed by atoms with E-state index < -0.39 is 0 Å². The molecule has 5 rings (SSSR count). The van der Waals surface area contributed by atoms with Crippen molar-refractivity contribution in [2.45, 2.75) is 13.8 Å². The molecule has 30 heavy (non-hydrogen) atoms. The Balaban J connectivity index is 1.56. The van der Waals surface area contributed by atoms with Gasteiger partial charge in [0.05, 0.1) is 10.8 Å². The van der Waals surface area contributed by atoms with Gasteiger partial charge in [0.2, 0.25) is 0 Å². The molecular weight excluding hydrogens is 376 g/mol. The molecule has 0 saturated carbocycles. The summed E-state index contributed by atoms with van der Waals surface area (Å²) in [5.41, 5.74) is 4.54. The summed E-state index contributed by atoms with van der Waals surface area (Å²) in [7, 11) is 0. The topological polar surface area (TPSA) is 60.4 Å². The second-order valence-electron chi connectivity index (χ2n) is 7.53. The standard InChI is InChI=1S/C26H18O4/c1-15-3-9-23-19(11-15)21(27)13-25(29-23)17-5-7-18(8-6-17)26-14-22(28)20-12-16(2)4-10-24(20)30-26/h3-14H,1-2H3. The van der Waals surface area contributed by atoms with Crippen LogP contribution in [0.1, 0.15) is 11.1 Å². The van der Waals surface area contributed by atoms with Crippen molar-refractivity contribution in [1.82, 2.24) is 0 Å². The number of benzene rings is 3. The first kappa shape index (κ1) is 18.1. The monoisotopic (exact) mass is 394 g/mol. The maximum atomic E-state index is 12.5. The first-order valence-corrected chi connectivity index (χ1v) is 9.68. The summed E-state index contributed by atoms with van der Waals surface area (Å²) in [6.45, 7) is 3.88. The number of hydrogen-bond donors (Lipinski definition) is 0. The Labute approximate surface area is 172 Å². The van der Waals surface area contributed by atoms with Crippen molar-refractivity contribution in [2.75, 3.05) is 0 Å². The molecule has 3 aromatic carbocycles. The summed E-state index contributed by atoms with van der Waals surface area (Å²) < 4.78 is 11.9. The third kappa shape index (κ3) is 3.12. The third-order valence-electron chi connectivity index (χ3n) is 5.22. The van der Waals surface area contributed by atoms with Crippen molar-refractivity contribution < 1.29 is 8.83 Å². The largest absolute Gasteiger partial charge is 0.456 e. The Kier molecular flexibility index (Phi) is 4.14. The minimum Gasteiger partial charge on any atom is -0.456 e. The minimum absolute atomic E-state index is 0.0742. The molecule has 0 aliphatic carbocycles. The van der Waals surface area contributed by atoms with Crippen LogP contribution in [0.2, 0.25) is 0 Å². The molecule has 0 aliphatic heterocycles. The summed E-state index contributed by atoms with van der Waals surface area (Å²) in [6, 6.07) is 21.6. The molecule has 0 aliphatic rings. The van der Waals surface area contributed by atoms with Crippen LogP contribution in [0.4, 0.5) is 0 Å². The number of aryl methyl sites for hydroxylation is 2. The zero-order chi connectivity index (χ0) is 20.8. The third-order valence-corrected chi connectivity index (χ3v) is 5.22. The maximum Gasteiger partial charge on any atom is 0.193 e. The molecule has 2 aromatic heterocycles. The predicted molar refractivity (Wildman–Crippen MR) is 119 cm³/mol. The normalized spacial score (nSPS) is 11.3. The molecule has 2 heterocycles. The lowest BCUT2D eigenvalue weighted by atomic mass is 10.1. The van der Waals surface area contributed by atoms with Gasteiger partial charge in [0.15, 0.2) is 10.9 Å². The van der Waals surface area contributed by atoms with Gasteiger partial charge in [0, 0.05) is 23.3 Å². The van der Waals surface area contributed by atoms with E-state index in [4.69, 9.17) is 8.83 Å². The van der Waals surface area contributed by atoms with Crippen LogP contribution in [0, 0.1) is 13.8 Å². The first-order chi connectivity index (χ1) is 14.5. The van der Waals surface area contributed by atoms with E-state index in [1.165, 1.54) is 12.1 Å². The summed E-state index contributed by atoms with van der Waals surface area (Å²) in [6.07, 6.45) is 0. The highest BCUT2D eigenvalue weighted by molar-refractivity contribution is 5.81. The lowest BCUT2D eigenvalue weighted by Crippen LogP contribution is -2.01. The molecule has 0 spiro atoms. The van der Waals surface area contributed by atoms with Crippen molar-refractivity contribution in [3.8, 4) is 22.6 Å². The molecule has 0 unspecified atom stereocenters. The Bertz CT molecular complexity index is 1420. The molecule has 0 amide bonds. The fourth-order valence-electron chi connectivity index (χ4n) is 3.62. The van der Waals surface area contributed by atoms with Gasteiger partial charge in [0.25, 0.3) is 0 Å². The fourth-order valence-corrected chi connectivity index (χ4v) is 3.62. The molecule has 0 fully saturated rings. The first-order valence-electron chi connectivity index (χ1n) is 9.68. The van der Waals surface area contributed by atoms with Crippen LogP contribution in [0.5, 0.6) is 0 Å². The Morgan fingerprint density at radius 3 is 1.33 bits per heavy atom. The van der Waals surface area contributed by atoms with Gasteiger partial charge in [-0.15, -0.1) is 0 Å². The van der Waals surface area contributed by atoms with Crippen molar-refractivity contribution >= 4 is 21.9 Å². The molecule has 0 bridgehead atoms. The molecule has 0 atom stereocenters. The average molecular weight is 394 g/mol. The SMILES string of the molecule is Cc1ccc2oc(-c3ccc(-c4cc(=O)c5cc(C)ccc5o4)cc3)cc(=O)c2c1. The Morgan fingerprint density at radius 1 is 0.533 bits per heavy atom. The Morgan fingerprint density at radius 2 is 0.933 bits per heavy atom. The van der Waals surface area contributed by atoms with Crippen LogP contribution >= 0.6 is 0 Å². The predicted octanol–water partition coefficient (Wildman–Crippen LogP) is 5.85. The molecule has 0 radical (unpaired) electrons. The van der Waals surface area contributed by atoms with E-state index in [1.807, 2.05) is 74.5 Å².